The van der Waals surface area contributed by atoms with Gasteiger partial charge in [0.15, 0.2) is 0 Å². The molecule has 1 aliphatic rings. The van der Waals surface area contributed by atoms with Crippen molar-refractivity contribution in [3.63, 3.8) is 0 Å². The maximum Gasteiger partial charge on any atom is 0.0507 e. The van der Waals surface area contributed by atoms with Crippen LogP contribution >= 0.6 is 0 Å². The monoisotopic (exact) mass is 290 g/mol. The molecule has 0 aliphatic carbocycles. The van der Waals surface area contributed by atoms with Gasteiger partial charge in [-0.05, 0) is 50.2 Å². The minimum Gasteiger partial charge on any atom is -0.384 e. The summed E-state index contributed by atoms with van der Waals surface area (Å²) in [6.45, 7) is 7.44. The van der Waals surface area contributed by atoms with E-state index in [-0.39, 0.29) is 6.04 Å². The molecule has 1 aromatic carbocycles. The third-order valence-electron chi connectivity index (χ3n) is 4.50. The SMILES string of the molecule is CCC(N)Cc1cc(C)ccc1N1CCCC(COC)C1. The van der Waals surface area contributed by atoms with Crippen molar-refractivity contribution in [2.24, 2.45) is 11.7 Å². The predicted octanol–water partition coefficient (Wildman–Crippen LogP) is 3.14. The average molecular weight is 290 g/mol. The van der Waals surface area contributed by atoms with Crippen LogP contribution in [-0.2, 0) is 11.2 Å². The van der Waals surface area contributed by atoms with Gasteiger partial charge in [-0.3, -0.25) is 0 Å². The number of benzene rings is 1. The standard InChI is InChI=1S/C18H30N2O/c1-4-17(19)11-16-10-14(2)7-8-18(16)20-9-5-6-15(12-20)13-21-3/h7-8,10,15,17H,4-6,9,11-13,19H2,1-3H3. The number of methoxy groups -OCH3 is 1. The number of hydrogen-bond donors (Lipinski definition) is 1. The van der Waals surface area contributed by atoms with Crippen molar-refractivity contribution in [3.05, 3.63) is 29.3 Å². The van der Waals surface area contributed by atoms with Gasteiger partial charge in [0.1, 0.15) is 0 Å². The third kappa shape index (κ3) is 4.45. The highest BCUT2D eigenvalue weighted by molar-refractivity contribution is 5.55. The summed E-state index contributed by atoms with van der Waals surface area (Å²) in [5.74, 6) is 0.651. The van der Waals surface area contributed by atoms with E-state index >= 15 is 0 Å². The van der Waals surface area contributed by atoms with Gasteiger partial charge in [-0.1, -0.05) is 24.6 Å². The highest BCUT2D eigenvalue weighted by atomic mass is 16.5. The van der Waals surface area contributed by atoms with E-state index in [4.69, 9.17) is 10.5 Å². The number of nitrogens with zero attached hydrogens (tertiary/aromatic N) is 1. The van der Waals surface area contributed by atoms with Crippen molar-refractivity contribution in [1.29, 1.82) is 0 Å². The zero-order valence-corrected chi connectivity index (χ0v) is 13.8. The summed E-state index contributed by atoms with van der Waals surface area (Å²) in [5.41, 5.74) is 10.3. The second-order valence-corrected chi connectivity index (χ2v) is 6.41. The van der Waals surface area contributed by atoms with Crippen LogP contribution in [0, 0.1) is 12.8 Å². The van der Waals surface area contributed by atoms with E-state index in [2.05, 4.69) is 36.9 Å². The Hall–Kier alpha value is -1.06. The van der Waals surface area contributed by atoms with Crippen LogP contribution in [0.3, 0.4) is 0 Å². The van der Waals surface area contributed by atoms with Crippen molar-refractivity contribution in [1.82, 2.24) is 0 Å². The molecule has 2 atom stereocenters. The fraction of sp³-hybridized carbons (Fsp3) is 0.667. The normalized spacial score (nSPS) is 20.6. The lowest BCUT2D eigenvalue weighted by Gasteiger charge is -2.35. The Morgan fingerprint density at radius 2 is 2.24 bits per heavy atom. The van der Waals surface area contributed by atoms with Crippen molar-refractivity contribution >= 4 is 5.69 Å². The summed E-state index contributed by atoms with van der Waals surface area (Å²) in [6, 6.07) is 7.06. The molecule has 2 N–H and O–H groups in total. The van der Waals surface area contributed by atoms with Crippen LogP contribution in [0.4, 0.5) is 5.69 Å². The average Bonchev–Trinajstić information content (AvgIpc) is 2.48. The van der Waals surface area contributed by atoms with Crippen molar-refractivity contribution in [3.8, 4) is 0 Å². The Morgan fingerprint density at radius 3 is 2.95 bits per heavy atom. The molecule has 1 aromatic rings. The summed E-state index contributed by atoms with van der Waals surface area (Å²) >= 11 is 0. The number of ether oxygens (including phenoxy) is 1. The molecule has 0 bridgehead atoms. The number of hydrogen-bond acceptors (Lipinski definition) is 3. The van der Waals surface area contributed by atoms with Gasteiger partial charge in [-0.15, -0.1) is 0 Å². The quantitative estimate of drug-likeness (QED) is 0.875. The topological polar surface area (TPSA) is 38.5 Å². The maximum atomic E-state index is 6.19. The summed E-state index contributed by atoms with van der Waals surface area (Å²) < 4.78 is 5.35. The first kappa shape index (κ1) is 16.3. The summed E-state index contributed by atoms with van der Waals surface area (Å²) in [4.78, 5) is 2.53. The van der Waals surface area contributed by atoms with E-state index in [0.717, 1.165) is 32.5 Å². The van der Waals surface area contributed by atoms with Crippen LogP contribution in [0.1, 0.15) is 37.3 Å². The van der Waals surface area contributed by atoms with Crippen LogP contribution in [0.5, 0.6) is 0 Å². The number of piperidine rings is 1. The van der Waals surface area contributed by atoms with Gasteiger partial charge < -0.3 is 15.4 Å². The Morgan fingerprint density at radius 1 is 1.43 bits per heavy atom. The lowest BCUT2D eigenvalue weighted by Crippen LogP contribution is -2.38. The molecule has 1 heterocycles. The van der Waals surface area contributed by atoms with Crippen molar-refractivity contribution in [2.45, 2.75) is 45.6 Å². The van der Waals surface area contributed by atoms with Crippen molar-refractivity contribution in [2.75, 3.05) is 31.7 Å². The van der Waals surface area contributed by atoms with Crippen molar-refractivity contribution < 1.29 is 4.74 Å². The van der Waals surface area contributed by atoms with E-state index in [0.29, 0.717) is 5.92 Å². The summed E-state index contributed by atoms with van der Waals surface area (Å²) in [5, 5.41) is 0. The van der Waals surface area contributed by atoms with E-state index < -0.39 is 0 Å². The van der Waals surface area contributed by atoms with E-state index in [1.807, 2.05) is 0 Å². The lowest BCUT2D eigenvalue weighted by molar-refractivity contribution is 0.143. The van der Waals surface area contributed by atoms with Gasteiger partial charge in [-0.2, -0.15) is 0 Å². The number of rotatable bonds is 6. The minimum absolute atomic E-state index is 0.255. The van der Waals surface area contributed by atoms with Gasteiger partial charge in [0.25, 0.3) is 0 Å². The molecule has 1 aliphatic heterocycles. The minimum atomic E-state index is 0.255. The molecule has 0 amide bonds. The lowest BCUT2D eigenvalue weighted by atomic mass is 9.95. The second kappa shape index (κ2) is 7.81. The molecular weight excluding hydrogens is 260 g/mol. The molecule has 1 fully saturated rings. The molecule has 3 heteroatoms. The van der Waals surface area contributed by atoms with Crippen LogP contribution in [0.2, 0.25) is 0 Å². The maximum absolute atomic E-state index is 6.19. The van der Waals surface area contributed by atoms with Gasteiger partial charge in [-0.25, -0.2) is 0 Å². The van der Waals surface area contributed by atoms with E-state index in [1.54, 1.807) is 7.11 Å². The van der Waals surface area contributed by atoms with E-state index in [1.165, 1.54) is 29.7 Å². The zero-order valence-electron chi connectivity index (χ0n) is 13.8. The fourth-order valence-electron chi connectivity index (χ4n) is 3.27. The molecule has 21 heavy (non-hydrogen) atoms. The zero-order chi connectivity index (χ0) is 15.2. The third-order valence-corrected chi connectivity index (χ3v) is 4.50. The molecule has 0 radical (unpaired) electrons. The first-order valence-corrected chi connectivity index (χ1v) is 8.23. The Balaban J connectivity index is 2.17. The molecule has 1 saturated heterocycles. The molecule has 2 unspecified atom stereocenters. The smallest absolute Gasteiger partial charge is 0.0507 e. The Kier molecular flexibility index (Phi) is 6.07. The molecule has 0 spiro atoms. The number of anilines is 1. The second-order valence-electron chi connectivity index (χ2n) is 6.41. The molecule has 118 valence electrons. The summed E-state index contributed by atoms with van der Waals surface area (Å²) in [7, 11) is 1.80. The highest BCUT2D eigenvalue weighted by Gasteiger charge is 2.22. The summed E-state index contributed by atoms with van der Waals surface area (Å²) in [6.07, 6.45) is 4.53. The van der Waals surface area contributed by atoms with Gasteiger partial charge in [0.2, 0.25) is 0 Å². The molecule has 3 nitrogen and oxygen atoms in total. The number of nitrogens with two attached hydrogens (primary N) is 1. The Bertz CT molecular complexity index is 445. The number of aryl methyl sites for hydroxylation is 1. The largest absolute Gasteiger partial charge is 0.384 e. The van der Waals surface area contributed by atoms with Crippen LogP contribution in [-0.4, -0.2) is 32.8 Å². The Labute approximate surface area is 129 Å². The van der Waals surface area contributed by atoms with Gasteiger partial charge in [0, 0.05) is 31.9 Å². The molecule has 0 saturated carbocycles. The molecule has 0 aromatic heterocycles. The predicted molar refractivity (Wildman–Crippen MR) is 90.0 cm³/mol. The van der Waals surface area contributed by atoms with Crippen LogP contribution < -0.4 is 10.6 Å². The highest BCUT2D eigenvalue weighted by Crippen LogP contribution is 2.28. The molecular formula is C18H30N2O. The van der Waals surface area contributed by atoms with Crippen LogP contribution in [0.15, 0.2) is 18.2 Å². The fourth-order valence-corrected chi connectivity index (χ4v) is 3.27. The first-order chi connectivity index (χ1) is 10.1. The van der Waals surface area contributed by atoms with Crippen LogP contribution in [0.25, 0.3) is 0 Å². The molecule has 2 rings (SSSR count). The van der Waals surface area contributed by atoms with E-state index in [9.17, 15) is 0 Å². The van der Waals surface area contributed by atoms with Gasteiger partial charge in [0.05, 0.1) is 6.61 Å². The van der Waals surface area contributed by atoms with Gasteiger partial charge >= 0.3 is 0 Å². The first-order valence-electron chi connectivity index (χ1n) is 8.23.